The van der Waals surface area contributed by atoms with Crippen LogP contribution in [0, 0.1) is 4.91 Å². The molecular weight excluding hydrogens is 188 g/mol. The van der Waals surface area contributed by atoms with Crippen molar-refractivity contribution in [1.82, 2.24) is 0 Å². The smallest absolute Gasteiger partial charge is 0.304 e. The van der Waals surface area contributed by atoms with Crippen LogP contribution in [0.3, 0.4) is 0 Å². The van der Waals surface area contributed by atoms with Gasteiger partial charge in [0, 0.05) is 4.95 Å². The highest BCUT2D eigenvalue weighted by Gasteiger charge is 2.31. The van der Waals surface area contributed by atoms with Gasteiger partial charge in [-0.3, -0.25) is 0 Å². The molecule has 0 saturated heterocycles. The molecule has 10 heavy (non-hydrogen) atoms. The van der Waals surface area contributed by atoms with Gasteiger partial charge in [-0.25, -0.2) is 9.13 Å². The molecule has 10 heteroatoms. The summed E-state index contributed by atoms with van der Waals surface area (Å²) in [6, 6.07) is 0. The molecule has 1 unspecified atom stereocenters. The van der Waals surface area contributed by atoms with E-state index in [2.05, 4.69) is 4.31 Å². The lowest BCUT2D eigenvalue weighted by molar-refractivity contribution is 0.264. The number of rotatable bonds is 3. The fraction of sp³-hybridized carbons (Fsp3) is 0. The van der Waals surface area contributed by atoms with E-state index in [1.165, 1.54) is 4.95 Å². The Morgan fingerprint density at radius 3 is 1.70 bits per heavy atom. The highest BCUT2D eigenvalue weighted by atomic mass is 31.3. The molecule has 0 aliphatic heterocycles. The van der Waals surface area contributed by atoms with E-state index in [1.54, 1.807) is 0 Å². The van der Waals surface area contributed by atoms with Gasteiger partial charge in [-0.2, -0.15) is 4.31 Å². The van der Waals surface area contributed by atoms with Crippen molar-refractivity contribution in [3.63, 3.8) is 0 Å². The highest BCUT2D eigenvalue weighted by molar-refractivity contribution is 7.62. The van der Waals surface area contributed by atoms with Crippen LogP contribution >= 0.6 is 15.6 Å². The number of nitroso groups, excluding NO2 is 1. The molecular formula is H3NO7P2. The fourth-order valence-corrected chi connectivity index (χ4v) is 1.38. The summed E-state index contributed by atoms with van der Waals surface area (Å²) in [5.41, 5.74) is 0. The van der Waals surface area contributed by atoms with Gasteiger partial charge in [0.2, 0.25) is 0 Å². The lowest BCUT2D eigenvalue weighted by atomic mass is 13.7. The van der Waals surface area contributed by atoms with Crippen LogP contribution in [0.5, 0.6) is 0 Å². The van der Waals surface area contributed by atoms with Crippen LogP contribution in [0.25, 0.3) is 0 Å². The molecule has 0 aliphatic rings. The molecule has 60 valence electrons. The third-order valence-electron chi connectivity index (χ3n) is 0.316. The highest BCUT2D eigenvalue weighted by Crippen LogP contribution is 2.57. The molecule has 1 atom stereocenters. The quantitative estimate of drug-likeness (QED) is 0.420. The Bertz CT molecular complexity index is 212. The van der Waals surface area contributed by atoms with Crippen molar-refractivity contribution < 1.29 is 28.1 Å². The van der Waals surface area contributed by atoms with Crippen molar-refractivity contribution in [2.75, 3.05) is 0 Å². The van der Waals surface area contributed by atoms with Crippen LogP contribution in [0.2, 0.25) is 0 Å². The summed E-state index contributed by atoms with van der Waals surface area (Å²) >= 11 is 0. The summed E-state index contributed by atoms with van der Waals surface area (Å²) in [7, 11) is -10.1. The summed E-state index contributed by atoms with van der Waals surface area (Å²) in [5, 5.41) is 0. The van der Waals surface area contributed by atoms with Gasteiger partial charge in [-0.15, -0.1) is 4.91 Å². The van der Waals surface area contributed by atoms with E-state index in [1.807, 2.05) is 0 Å². The second-order valence-corrected chi connectivity index (χ2v) is 3.92. The van der Waals surface area contributed by atoms with Gasteiger partial charge in [-0.05, 0) is 0 Å². The molecule has 0 aromatic heterocycles. The Balaban J connectivity index is 4.31. The Labute approximate surface area is 54.6 Å². The van der Waals surface area contributed by atoms with Gasteiger partial charge in [0.05, 0.1) is 0 Å². The van der Waals surface area contributed by atoms with E-state index < -0.39 is 15.6 Å². The maximum atomic E-state index is 9.96. The minimum Gasteiger partial charge on any atom is -0.304 e. The van der Waals surface area contributed by atoms with E-state index in [9.17, 15) is 14.0 Å². The predicted octanol–water partition coefficient (Wildman–Crippen LogP) is -0.0375. The summed E-state index contributed by atoms with van der Waals surface area (Å²) in [5.74, 6) is 0. The molecule has 0 aromatic rings. The standard InChI is InChI=1S/H3NO7P2/c2-1-9(3,4)8-10(5,6)7/h(H,3,4)(H2,5,6,7). The normalized spacial score (nSPS) is 17.9. The second-order valence-electron chi connectivity index (χ2n) is 1.14. The molecule has 0 radical (unpaired) electrons. The average Bonchev–Trinajstić information content (AvgIpc) is 1.60. The van der Waals surface area contributed by atoms with Gasteiger partial charge in [-0.1, -0.05) is 0 Å². The molecule has 8 nitrogen and oxygen atoms in total. The van der Waals surface area contributed by atoms with Crippen LogP contribution in [-0.2, 0) is 13.4 Å². The van der Waals surface area contributed by atoms with Crippen molar-refractivity contribution in [1.29, 1.82) is 0 Å². The Kier molecular flexibility index (Phi) is 2.85. The first-order chi connectivity index (χ1) is 4.27. The average molecular weight is 191 g/mol. The molecule has 0 aliphatic carbocycles. The van der Waals surface area contributed by atoms with E-state index in [0.717, 1.165) is 0 Å². The molecule has 0 spiro atoms. The lowest BCUT2D eigenvalue weighted by Crippen LogP contribution is -1.83. The van der Waals surface area contributed by atoms with Gasteiger partial charge < -0.3 is 14.7 Å². The van der Waals surface area contributed by atoms with Crippen LogP contribution in [-0.4, -0.2) is 14.7 Å². The molecule has 0 bridgehead atoms. The second kappa shape index (κ2) is 2.87. The maximum Gasteiger partial charge on any atom is 0.496 e. The first-order valence-corrected chi connectivity index (χ1v) is 4.77. The van der Waals surface area contributed by atoms with Gasteiger partial charge in [0.1, 0.15) is 0 Å². The maximum absolute atomic E-state index is 9.96. The monoisotopic (exact) mass is 191 g/mol. The third kappa shape index (κ3) is 4.75. The van der Waals surface area contributed by atoms with Gasteiger partial charge in [0.15, 0.2) is 0 Å². The topological polar surface area (TPSA) is 133 Å². The van der Waals surface area contributed by atoms with Crippen molar-refractivity contribution >= 4 is 15.6 Å². The molecule has 0 amide bonds. The number of phosphoric acid groups is 1. The van der Waals surface area contributed by atoms with E-state index in [-0.39, 0.29) is 0 Å². The third-order valence-corrected chi connectivity index (χ3v) is 2.22. The summed E-state index contributed by atoms with van der Waals surface area (Å²) in [4.78, 5) is 34.4. The summed E-state index contributed by atoms with van der Waals surface area (Å²) in [6.07, 6.45) is 0. The SMILES string of the molecule is O=NP(=O)(O)OP(=O)(O)O. The zero-order valence-corrected chi connectivity index (χ0v) is 6.11. The minimum atomic E-state index is -5.11. The number of hydrogen-bond acceptors (Lipinski definition) is 4. The van der Waals surface area contributed by atoms with Crippen molar-refractivity contribution in [3.8, 4) is 0 Å². The molecule has 0 fully saturated rings. The van der Waals surface area contributed by atoms with Crippen molar-refractivity contribution in [2.24, 2.45) is 4.95 Å². The first kappa shape index (κ1) is 9.90. The zero-order chi connectivity index (χ0) is 8.41. The predicted molar refractivity (Wildman–Crippen MR) is 28.7 cm³/mol. The Hall–Kier alpha value is -0.100. The molecule has 0 rings (SSSR count). The minimum absolute atomic E-state index is 1.45. The van der Waals surface area contributed by atoms with Crippen LogP contribution < -0.4 is 0 Å². The van der Waals surface area contributed by atoms with Crippen molar-refractivity contribution in [2.45, 2.75) is 0 Å². The van der Waals surface area contributed by atoms with Gasteiger partial charge in [0.25, 0.3) is 0 Å². The van der Waals surface area contributed by atoms with Crippen LogP contribution in [0.4, 0.5) is 0 Å². The molecule has 3 N–H and O–H groups in total. The van der Waals surface area contributed by atoms with E-state index in [0.29, 0.717) is 0 Å². The molecule has 0 saturated carbocycles. The Morgan fingerprint density at radius 1 is 1.20 bits per heavy atom. The first-order valence-electron chi connectivity index (χ1n) is 1.71. The molecule has 0 aromatic carbocycles. The summed E-state index contributed by atoms with van der Waals surface area (Å²) in [6.45, 7) is 0. The zero-order valence-electron chi connectivity index (χ0n) is 4.32. The van der Waals surface area contributed by atoms with E-state index in [4.69, 9.17) is 14.7 Å². The number of hydrogen-bond donors (Lipinski definition) is 3. The van der Waals surface area contributed by atoms with Crippen molar-refractivity contribution in [3.05, 3.63) is 4.91 Å². The largest absolute Gasteiger partial charge is 0.496 e. The molecule has 0 heterocycles. The summed E-state index contributed by atoms with van der Waals surface area (Å²) < 4.78 is 22.8. The Morgan fingerprint density at radius 2 is 1.60 bits per heavy atom. The van der Waals surface area contributed by atoms with Gasteiger partial charge >= 0.3 is 15.6 Å². The van der Waals surface area contributed by atoms with Crippen LogP contribution in [0.1, 0.15) is 0 Å². The van der Waals surface area contributed by atoms with Crippen LogP contribution in [0.15, 0.2) is 4.95 Å². The fourth-order valence-electron chi connectivity index (χ4n) is 0.153. The number of nitrogens with zero attached hydrogens (tertiary/aromatic N) is 1. The van der Waals surface area contributed by atoms with E-state index >= 15 is 0 Å². The lowest BCUT2D eigenvalue weighted by Gasteiger charge is -2.02.